The lowest BCUT2D eigenvalue weighted by atomic mass is 9.69. The first-order chi connectivity index (χ1) is 13.6. The molecule has 1 aliphatic rings. The molecule has 0 N–H and O–H groups in total. The van der Waals surface area contributed by atoms with Gasteiger partial charge >= 0.3 is 12.1 Å². The number of pyridine rings is 1. The van der Waals surface area contributed by atoms with Crippen molar-refractivity contribution in [3.8, 4) is 11.7 Å². The minimum Gasteiger partial charge on any atom is -0.476 e. The molecule has 3 rings (SSSR count). The maximum absolute atomic E-state index is 13.2. The maximum atomic E-state index is 13.2. The van der Waals surface area contributed by atoms with Crippen molar-refractivity contribution in [3.05, 3.63) is 35.7 Å². The van der Waals surface area contributed by atoms with E-state index in [1.54, 1.807) is 25.3 Å². The number of esters is 1. The Kier molecular flexibility index (Phi) is 5.86. The van der Waals surface area contributed by atoms with Gasteiger partial charge in [0.25, 0.3) is 0 Å². The normalized spacial score (nSPS) is 15.8. The van der Waals surface area contributed by atoms with Crippen molar-refractivity contribution in [1.29, 1.82) is 0 Å². The van der Waals surface area contributed by atoms with Crippen molar-refractivity contribution in [2.24, 2.45) is 11.3 Å². The van der Waals surface area contributed by atoms with E-state index in [4.69, 9.17) is 9.47 Å². The number of ether oxygens (including phenoxy) is 2. The molecule has 6 nitrogen and oxygen atoms in total. The Labute approximate surface area is 167 Å². The fraction of sp³-hybridized carbons (Fsp3) is 0.550. The summed E-state index contributed by atoms with van der Waals surface area (Å²) in [5, 5.41) is 4.15. The Hall–Kier alpha value is -2.58. The standard InChI is InChI=1S/C20H24F3N3O3/c1-13(2)11-28-18(27)15-5-6-16(24-14(15)3)26-10-7-17(25-26)29-12-19(8-4-9-19)20(21,22)23/h5-7,10,13H,4,8-9,11-12H2,1-3H3. The molecule has 29 heavy (non-hydrogen) atoms. The van der Waals surface area contributed by atoms with Crippen LogP contribution in [0.25, 0.3) is 5.82 Å². The third-order valence-electron chi connectivity index (χ3n) is 5.05. The van der Waals surface area contributed by atoms with Gasteiger partial charge in [-0.15, -0.1) is 5.10 Å². The summed E-state index contributed by atoms with van der Waals surface area (Å²) in [5.74, 6) is 0.301. The van der Waals surface area contributed by atoms with Crippen molar-refractivity contribution in [2.45, 2.75) is 46.2 Å². The van der Waals surface area contributed by atoms with Gasteiger partial charge in [-0.2, -0.15) is 13.2 Å². The Morgan fingerprint density at radius 2 is 2.00 bits per heavy atom. The first-order valence-electron chi connectivity index (χ1n) is 9.52. The van der Waals surface area contributed by atoms with E-state index >= 15 is 0 Å². The van der Waals surface area contributed by atoms with Crippen molar-refractivity contribution in [3.63, 3.8) is 0 Å². The summed E-state index contributed by atoms with van der Waals surface area (Å²) in [4.78, 5) is 16.5. The molecule has 2 aromatic rings. The van der Waals surface area contributed by atoms with Crippen LogP contribution < -0.4 is 4.74 Å². The summed E-state index contributed by atoms with van der Waals surface area (Å²) >= 11 is 0. The predicted octanol–water partition coefficient (Wildman–Crippen LogP) is 4.50. The molecule has 0 aliphatic heterocycles. The molecule has 9 heteroatoms. The van der Waals surface area contributed by atoms with Crippen molar-refractivity contribution < 1.29 is 27.4 Å². The topological polar surface area (TPSA) is 66.2 Å². The summed E-state index contributed by atoms with van der Waals surface area (Å²) in [5.41, 5.74) is -0.946. The molecule has 1 aliphatic carbocycles. The number of rotatable bonds is 7. The van der Waals surface area contributed by atoms with E-state index in [1.165, 1.54) is 10.7 Å². The number of aryl methyl sites for hydroxylation is 1. The van der Waals surface area contributed by atoms with Crippen LogP contribution >= 0.6 is 0 Å². The average Bonchev–Trinajstić information content (AvgIpc) is 3.06. The lowest BCUT2D eigenvalue weighted by Gasteiger charge is -2.42. The minimum atomic E-state index is -4.29. The van der Waals surface area contributed by atoms with Crippen molar-refractivity contribution in [2.75, 3.05) is 13.2 Å². The number of carbonyl (C=O) groups excluding carboxylic acids is 1. The smallest absolute Gasteiger partial charge is 0.397 e. The number of hydrogen-bond donors (Lipinski definition) is 0. The second kappa shape index (κ2) is 8.04. The van der Waals surface area contributed by atoms with Gasteiger partial charge in [-0.25, -0.2) is 14.5 Å². The van der Waals surface area contributed by atoms with Gasteiger partial charge in [0.05, 0.1) is 17.9 Å². The number of alkyl halides is 3. The van der Waals surface area contributed by atoms with E-state index in [9.17, 15) is 18.0 Å². The first kappa shape index (κ1) is 21.1. The highest BCUT2D eigenvalue weighted by atomic mass is 19.4. The van der Waals surface area contributed by atoms with Gasteiger partial charge in [-0.05, 0) is 37.8 Å². The summed E-state index contributed by atoms with van der Waals surface area (Å²) in [6, 6.07) is 4.68. The Balaban J connectivity index is 1.67. The summed E-state index contributed by atoms with van der Waals surface area (Å²) < 4.78 is 51.6. The highest BCUT2D eigenvalue weighted by molar-refractivity contribution is 5.90. The lowest BCUT2D eigenvalue weighted by Crippen LogP contribution is -2.48. The van der Waals surface area contributed by atoms with E-state index in [0.29, 0.717) is 30.1 Å². The molecule has 0 unspecified atom stereocenters. The summed E-state index contributed by atoms with van der Waals surface area (Å²) in [6.45, 7) is 5.45. The fourth-order valence-corrected chi connectivity index (χ4v) is 3.05. The van der Waals surface area contributed by atoms with E-state index in [1.807, 2.05) is 13.8 Å². The van der Waals surface area contributed by atoms with Gasteiger partial charge in [0.2, 0.25) is 5.88 Å². The molecule has 0 aromatic carbocycles. The van der Waals surface area contributed by atoms with Crippen LogP contribution in [0.15, 0.2) is 24.4 Å². The van der Waals surface area contributed by atoms with Gasteiger partial charge in [0, 0.05) is 12.3 Å². The third kappa shape index (κ3) is 4.54. The Bertz CT molecular complexity index is 873. The van der Waals surface area contributed by atoms with Crippen LogP contribution in [0.2, 0.25) is 0 Å². The molecule has 0 bridgehead atoms. The third-order valence-corrected chi connectivity index (χ3v) is 5.05. The number of aromatic nitrogens is 3. The van der Waals surface area contributed by atoms with Crippen LogP contribution in [0.5, 0.6) is 5.88 Å². The molecule has 1 saturated carbocycles. The Morgan fingerprint density at radius 3 is 2.55 bits per heavy atom. The molecule has 2 aromatic heterocycles. The van der Waals surface area contributed by atoms with Crippen LogP contribution in [-0.4, -0.2) is 40.1 Å². The van der Waals surface area contributed by atoms with E-state index in [-0.39, 0.29) is 24.6 Å². The van der Waals surface area contributed by atoms with Gasteiger partial charge < -0.3 is 9.47 Å². The predicted molar refractivity (Wildman–Crippen MR) is 99.1 cm³/mol. The van der Waals surface area contributed by atoms with E-state index < -0.39 is 24.2 Å². The van der Waals surface area contributed by atoms with Crippen molar-refractivity contribution in [1.82, 2.24) is 14.8 Å². The second-order valence-corrected chi connectivity index (χ2v) is 7.81. The number of carbonyl (C=O) groups is 1. The van der Waals surface area contributed by atoms with Crippen LogP contribution in [-0.2, 0) is 4.74 Å². The molecule has 158 valence electrons. The number of halogens is 3. The van der Waals surface area contributed by atoms with Gasteiger partial charge in [-0.1, -0.05) is 20.3 Å². The largest absolute Gasteiger partial charge is 0.476 e. The van der Waals surface area contributed by atoms with Gasteiger partial charge in [0.15, 0.2) is 5.82 Å². The number of nitrogens with zero attached hydrogens (tertiary/aromatic N) is 3. The van der Waals surface area contributed by atoms with Crippen LogP contribution in [0.3, 0.4) is 0 Å². The first-order valence-corrected chi connectivity index (χ1v) is 9.52. The number of hydrogen-bond acceptors (Lipinski definition) is 5. The van der Waals surface area contributed by atoms with Gasteiger partial charge in [0.1, 0.15) is 12.0 Å². The average molecular weight is 411 g/mol. The fourth-order valence-electron chi connectivity index (χ4n) is 3.05. The molecular weight excluding hydrogens is 387 g/mol. The summed E-state index contributed by atoms with van der Waals surface area (Å²) in [7, 11) is 0. The zero-order valence-corrected chi connectivity index (χ0v) is 16.6. The van der Waals surface area contributed by atoms with Crippen LogP contribution in [0.4, 0.5) is 13.2 Å². The molecule has 2 heterocycles. The SMILES string of the molecule is Cc1nc(-n2ccc(OCC3(C(F)(F)F)CCC3)n2)ccc1C(=O)OCC(C)C. The monoisotopic (exact) mass is 411 g/mol. The second-order valence-electron chi connectivity index (χ2n) is 7.81. The zero-order chi connectivity index (χ0) is 21.2. The molecule has 0 saturated heterocycles. The van der Waals surface area contributed by atoms with E-state index in [0.717, 1.165) is 0 Å². The zero-order valence-electron chi connectivity index (χ0n) is 16.6. The maximum Gasteiger partial charge on any atom is 0.397 e. The molecule has 0 radical (unpaired) electrons. The molecule has 1 fully saturated rings. The lowest BCUT2D eigenvalue weighted by molar-refractivity contribution is -0.259. The van der Waals surface area contributed by atoms with Crippen LogP contribution in [0.1, 0.15) is 49.2 Å². The highest BCUT2D eigenvalue weighted by Gasteiger charge is 2.58. The minimum absolute atomic E-state index is 0.0757. The van der Waals surface area contributed by atoms with E-state index in [2.05, 4.69) is 10.1 Å². The highest BCUT2D eigenvalue weighted by Crippen LogP contribution is 2.53. The van der Waals surface area contributed by atoms with Gasteiger partial charge in [-0.3, -0.25) is 0 Å². The van der Waals surface area contributed by atoms with Crippen LogP contribution in [0, 0.1) is 18.3 Å². The molecule has 0 spiro atoms. The quantitative estimate of drug-likeness (QED) is 0.628. The van der Waals surface area contributed by atoms with Crippen molar-refractivity contribution >= 4 is 5.97 Å². The summed E-state index contributed by atoms with van der Waals surface area (Å²) in [6.07, 6.45) is -2.04. The molecular formula is C20H24F3N3O3. The molecule has 0 atom stereocenters. The molecule has 0 amide bonds. The Morgan fingerprint density at radius 1 is 1.28 bits per heavy atom.